The lowest BCUT2D eigenvalue weighted by molar-refractivity contribution is -0.274. The number of amides is 7. The van der Waals surface area contributed by atoms with Crippen LogP contribution in [-0.4, -0.2) is 120 Å². The van der Waals surface area contributed by atoms with E-state index >= 15 is 0 Å². The lowest BCUT2D eigenvalue weighted by atomic mass is 9.99. The number of ether oxygens (including phenoxy) is 2. The van der Waals surface area contributed by atoms with Gasteiger partial charge in [-0.05, 0) is 83.1 Å². The predicted molar refractivity (Wildman–Crippen MR) is 203 cm³/mol. The summed E-state index contributed by atoms with van der Waals surface area (Å²) in [7, 11) is 0. The van der Waals surface area contributed by atoms with Gasteiger partial charge >= 0.3 is 18.4 Å². The molecule has 16 nitrogen and oxygen atoms in total. The van der Waals surface area contributed by atoms with Crippen molar-refractivity contribution >= 4 is 47.2 Å². The number of carbonyl (C=O) groups excluding carboxylic acids is 7. The highest BCUT2D eigenvalue weighted by Crippen LogP contribution is 2.27. The Labute approximate surface area is 333 Å². The Balaban J connectivity index is 0.000000240. The molecule has 0 aromatic heterocycles. The third kappa shape index (κ3) is 13.4. The number of piperidine rings is 1. The van der Waals surface area contributed by atoms with Crippen molar-refractivity contribution in [1.29, 1.82) is 0 Å². The van der Waals surface area contributed by atoms with Gasteiger partial charge in [-0.25, -0.2) is 9.59 Å². The number of nitrogens with zero attached hydrogens (tertiary/aromatic N) is 3. The van der Waals surface area contributed by atoms with Gasteiger partial charge in [-0.2, -0.15) is 0 Å². The second-order valence-corrected chi connectivity index (χ2v) is 14.1. The summed E-state index contributed by atoms with van der Waals surface area (Å²) in [6.07, 6.45) is -0.185. The molecule has 0 bridgehead atoms. The van der Waals surface area contributed by atoms with Crippen molar-refractivity contribution in [3.63, 3.8) is 0 Å². The van der Waals surface area contributed by atoms with Crippen LogP contribution in [-0.2, 0) is 33.5 Å². The van der Waals surface area contributed by atoms with Crippen LogP contribution < -0.4 is 26.4 Å². The first-order chi connectivity index (χ1) is 27.5. The Bertz CT molecular complexity index is 1760. The fourth-order valence-electron chi connectivity index (χ4n) is 6.97. The van der Waals surface area contributed by atoms with E-state index < -0.39 is 54.2 Å². The molecule has 19 heteroatoms. The number of esters is 1. The summed E-state index contributed by atoms with van der Waals surface area (Å²) in [5.41, 5.74) is 6.36. The highest BCUT2D eigenvalue weighted by Gasteiger charge is 2.43. The Hall–Kier alpha value is -5.88. The van der Waals surface area contributed by atoms with Gasteiger partial charge in [0.1, 0.15) is 36.5 Å². The van der Waals surface area contributed by atoms with Gasteiger partial charge in [-0.1, -0.05) is 35.9 Å². The molecule has 58 heavy (non-hydrogen) atoms. The number of halogens is 3. The molecule has 2 aromatic rings. The summed E-state index contributed by atoms with van der Waals surface area (Å²) < 4.78 is 44.6. The maximum absolute atomic E-state index is 13.4. The normalized spacial score (nSPS) is 22.7. The fraction of sp³-hybridized carbons (Fsp3) is 0.513. The van der Waals surface area contributed by atoms with Crippen LogP contribution in [0, 0.1) is 6.92 Å². The van der Waals surface area contributed by atoms with Crippen LogP contribution in [0.4, 0.5) is 23.7 Å². The largest absolute Gasteiger partial charge is 0.573 e. The van der Waals surface area contributed by atoms with E-state index in [2.05, 4.69) is 39.7 Å². The lowest BCUT2D eigenvalue weighted by Gasteiger charge is -2.38. The van der Waals surface area contributed by atoms with Gasteiger partial charge < -0.3 is 45.9 Å². The summed E-state index contributed by atoms with van der Waals surface area (Å²) >= 11 is 0. The highest BCUT2D eigenvalue weighted by molar-refractivity contribution is 5.96. The molecule has 7 amide bonds. The van der Waals surface area contributed by atoms with E-state index in [1.54, 1.807) is 16.7 Å². The second-order valence-electron chi connectivity index (χ2n) is 14.1. The van der Waals surface area contributed by atoms with E-state index in [0.29, 0.717) is 45.3 Å². The number of carbonyl (C=O) groups is 7. The van der Waals surface area contributed by atoms with Crippen molar-refractivity contribution < 1.29 is 56.2 Å². The zero-order valence-corrected chi connectivity index (χ0v) is 32.4. The molecule has 2 aromatic carbocycles. The number of urea groups is 1. The van der Waals surface area contributed by atoms with Crippen LogP contribution in [0.15, 0.2) is 54.6 Å². The van der Waals surface area contributed by atoms with Crippen LogP contribution >= 0.6 is 0 Å². The van der Waals surface area contributed by atoms with Crippen LogP contribution in [0.1, 0.15) is 63.9 Å². The van der Waals surface area contributed by atoms with Gasteiger partial charge in [-0.3, -0.25) is 24.0 Å². The van der Waals surface area contributed by atoms with Crippen molar-refractivity contribution in [2.45, 2.75) is 95.7 Å². The van der Waals surface area contributed by atoms with Gasteiger partial charge in [-0.15, -0.1) is 13.2 Å². The van der Waals surface area contributed by atoms with E-state index in [-0.39, 0.29) is 48.9 Å². The van der Waals surface area contributed by atoms with Crippen molar-refractivity contribution in [1.82, 2.24) is 25.3 Å². The van der Waals surface area contributed by atoms with Crippen molar-refractivity contribution in [3.8, 4) is 5.75 Å². The number of benzene rings is 2. The molecule has 0 radical (unpaired) electrons. The minimum atomic E-state index is -4.77. The molecule has 4 unspecified atom stereocenters. The van der Waals surface area contributed by atoms with E-state index in [9.17, 15) is 46.7 Å². The maximum atomic E-state index is 13.4. The Morgan fingerprint density at radius 2 is 1.43 bits per heavy atom. The molecule has 4 saturated heterocycles. The van der Waals surface area contributed by atoms with E-state index in [0.717, 1.165) is 31.4 Å². The minimum absolute atomic E-state index is 0.00347. The number of hydrogen-bond donors (Lipinski definition) is 4. The van der Waals surface area contributed by atoms with Crippen molar-refractivity contribution in [2.75, 3.05) is 38.1 Å². The third-order valence-electron chi connectivity index (χ3n) is 9.75. The monoisotopic (exact) mass is 817 g/mol. The number of alkyl halides is 3. The molecule has 316 valence electrons. The smallest absolute Gasteiger partial charge is 0.464 e. The topological polar surface area (TPSA) is 210 Å². The summed E-state index contributed by atoms with van der Waals surface area (Å²) in [6.45, 7) is 4.63. The number of nitrogens with one attached hydrogen (secondary N) is 3. The standard InChI is InChI=1S/C22H32N4O6.C10H10F3N3O3.C7H8/c1-14-20(29)26-12-5-8-17(26)22(31)32-13-9-18(27)24-11-4-7-16(24)21(30)25-10-3-2-6-15(25)19(28)23-14;11-10(12,13)19-7-3-1-6(2-4-7)16-9(18)15-5-8(14)17;1-7-5-3-2-4-6-7/h14-17H,2-13H2,1H3,(H,23,28);1-4H,5H2,(H2,14,17)(H2,15,16,18);2-6H,1H3. The van der Waals surface area contributed by atoms with Crippen LogP contribution in [0.5, 0.6) is 5.75 Å². The van der Waals surface area contributed by atoms with E-state index in [1.807, 2.05) is 18.2 Å². The number of aryl methyl sites for hydroxylation is 1. The second kappa shape index (κ2) is 21.0. The highest BCUT2D eigenvalue weighted by atomic mass is 19.4. The number of nitrogens with two attached hydrogens (primary N) is 1. The Morgan fingerprint density at radius 3 is 2.05 bits per heavy atom. The van der Waals surface area contributed by atoms with E-state index in [4.69, 9.17) is 10.5 Å². The van der Waals surface area contributed by atoms with Gasteiger partial charge in [0.2, 0.25) is 29.5 Å². The van der Waals surface area contributed by atoms with Gasteiger partial charge in [0.05, 0.1) is 13.0 Å². The quantitative estimate of drug-likeness (QED) is 0.334. The molecule has 4 aliphatic heterocycles. The number of anilines is 1. The predicted octanol–water partition coefficient (Wildman–Crippen LogP) is 2.99. The molecule has 4 heterocycles. The Kier molecular flexibility index (Phi) is 16.3. The maximum Gasteiger partial charge on any atom is 0.573 e. The third-order valence-corrected chi connectivity index (χ3v) is 9.75. The van der Waals surface area contributed by atoms with Crippen LogP contribution in [0.2, 0.25) is 0 Å². The number of primary amides is 1. The SMILES string of the molecule is CC1NC(=O)C2CCCCN2C(=O)C2CCCN2C(=O)CCOC(=O)C2CCCN2C1=O.Cc1ccccc1.NC(=O)CNC(=O)Nc1ccc(OC(F)(F)F)cc1. The number of cyclic esters (lactones) is 1. The fourth-order valence-corrected chi connectivity index (χ4v) is 6.97. The molecule has 4 aliphatic rings. The first-order valence-corrected chi connectivity index (χ1v) is 19.1. The number of rotatable bonds is 4. The molecule has 6 rings (SSSR count). The average Bonchev–Trinajstić information content (AvgIpc) is 3.88. The van der Waals surface area contributed by atoms with Gasteiger partial charge in [0.15, 0.2) is 0 Å². The molecule has 5 N–H and O–H groups in total. The molecule has 0 spiro atoms. The first kappa shape index (κ1) is 44.8. The zero-order valence-electron chi connectivity index (χ0n) is 32.4. The molecular weight excluding hydrogens is 767 g/mol. The summed E-state index contributed by atoms with van der Waals surface area (Å²) in [5.74, 6) is -2.79. The van der Waals surface area contributed by atoms with Gasteiger partial charge in [0, 0.05) is 25.3 Å². The zero-order chi connectivity index (χ0) is 42.4. The van der Waals surface area contributed by atoms with Crippen LogP contribution in [0.3, 0.4) is 0 Å². The van der Waals surface area contributed by atoms with Crippen LogP contribution in [0.25, 0.3) is 0 Å². The average molecular weight is 818 g/mol. The number of hydrogen-bond acceptors (Lipinski definition) is 9. The molecule has 4 fully saturated rings. The van der Waals surface area contributed by atoms with E-state index in [1.165, 1.54) is 22.6 Å². The first-order valence-electron chi connectivity index (χ1n) is 19.1. The summed E-state index contributed by atoms with van der Waals surface area (Å²) in [6, 6.07) is 11.3. The van der Waals surface area contributed by atoms with Crippen molar-refractivity contribution in [3.05, 3.63) is 60.2 Å². The molecule has 0 aliphatic carbocycles. The minimum Gasteiger partial charge on any atom is -0.464 e. The number of fused-ring (bicyclic) bond motifs is 3. The molecule has 4 atom stereocenters. The summed E-state index contributed by atoms with van der Waals surface area (Å²) in [4.78, 5) is 91.1. The van der Waals surface area contributed by atoms with Crippen molar-refractivity contribution in [2.24, 2.45) is 5.73 Å². The molecule has 0 saturated carbocycles. The summed E-state index contributed by atoms with van der Waals surface area (Å²) in [5, 5.41) is 7.21. The van der Waals surface area contributed by atoms with Gasteiger partial charge in [0.25, 0.3) is 0 Å². The lowest BCUT2D eigenvalue weighted by Crippen LogP contribution is -2.59. The molecular formula is C39H50F3N7O9. The Morgan fingerprint density at radius 1 is 0.828 bits per heavy atom.